The van der Waals surface area contributed by atoms with Crippen molar-refractivity contribution in [1.82, 2.24) is 19.6 Å². The second-order valence-corrected chi connectivity index (χ2v) is 10.1. The van der Waals surface area contributed by atoms with Crippen molar-refractivity contribution in [3.63, 3.8) is 0 Å². The zero-order valence-electron chi connectivity index (χ0n) is 20.5. The lowest BCUT2D eigenvalue weighted by molar-refractivity contribution is -0.144. The molecule has 6 atom stereocenters. The number of anilines is 1. The number of aliphatic hydroxyl groups excluding tert-OH is 1. The van der Waals surface area contributed by atoms with E-state index >= 15 is 4.39 Å². The average Bonchev–Trinajstić information content (AvgIpc) is 3.39. The highest BCUT2D eigenvalue weighted by molar-refractivity contribution is 7.52. The van der Waals surface area contributed by atoms with Crippen LogP contribution >= 0.6 is 7.75 Å². The molecule has 4 rings (SSSR count). The summed E-state index contributed by atoms with van der Waals surface area (Å²) >= 11 is 0. The van der Waals surface area contributed by atoms with Gasteiger partial charge < -0.3 is 29.4 Å². The number of nitrogens with zero attached hydrogens (tertiary/aromatic N) is 3. The quantitative estimate of drug-likeness (QED) is 0.258. The molecule has 12 nitrogen and oxygen atoms in total. The number of ether oxygens (including phenoxy) is 2. The van der Waals surface area contributed by atoms with Gasteiger partial charge in [-0.3, -0.25) is 9.32 Å². The molecular weight excluding hydrogens is 508 g/mol. The molecule has 1 aliphatic heterocycles. The molecule has 3 aromatic rings. The molecule has 2 unspecified atom stereocenters. The van der Waals surface area contributed by atoms with Gasteiger partial charge in [-0.25, -0.2) is 18.9 Å². The lowest BCUT2D eigenvalue weighted by Gasteiger charge is -2.24. The maximum absolute atomic E-state index is 15.2. The Labute approximate surface area is 212 Å². The summed E-state index contributed by atoms with van der Waals surface area (Å²) in [7, 11) is -4.21. The van der Waals surface area contributed by atoms with Crippen LogP contribution < -0.4 is 15.3 Å². The maximum atomic E-state index is 15.2. The van der Waals surface area contributed by atoms with Crippen molar-refractivity contribution >= 4 is 30.6 Å². The fraction of sp³-hybridized carbons (Fsp3) is 0.435. The first kappa shape index (κ1) is 27.0. The Hall–Kier alpha value is -3.09. The van der Waals surface area contributed by atoms with Crippen LogP contribution in [0.5, 0.6) is 5.75 Å². The summed E-state index contributed by atoms with van der Waals surface area (Å²) in [4.78, 5) is 20.5. The van der Waals surface area contributed by atoms with Crippen LogP contribution in [0.1, 0.15) is 25.9 Å². The predicted octanol–water partition coefficient (Wildman–Crippen LogP) is 2.66. The van der Waals surface area contributed by atoms with Gasteiger partial charge in [0.2, 0.25) is 0 Å². The summed E-state index contributed by atoms with van der Waals surface area (Å²) in [5, 5.41) is 13.6. The van der Waals surface area contributed by atoms with Crippen molar-refractivity contribution < 1.29 is 37.4 Å². The zero-order valence-corrected chi connectivity index (χ0v) is 21.4. The molecule has 0 radical (unpaired) electrons. The number of alkyl halides is 1. The van der Waals surface area contributed by atoms with E-state index in [1.54, 1.807) is 50.2 Å². The molecule has 37 heavy (non-hydrogen) atoms. The molecule has 1 aromatic carbocycles. The fourth-order valence-corrected chi connectivity index (χ4v) is 5.38. The van der Waals surface area contributed by atoms with Crippen molar-refractivity contribution in [2.75, 3.05) is 18.9 Å². The zero-order chi connectivity index (χ0) is 26.7. The Bertz CT molecular complexity index is 1290. The number of carbonyl (C=O) groups is 1. The monoisotopic (exact) mass is 537 g/mol. The van der Waals surface area contributed by atoms with Crippen molar-refractivity contribution in [3.05, 3.63) is 48.4 Å². The highest BCUT2D eigenvalue weighted by Gasteiger charge is 2.47. The van der Waals surface area contributed by atoms with Gasteiger partial charge in [0, 0.05) is 6.20 Å². The number of halogens is 1. The van der Waals surface area contributed by atoms with E-state index < -0.39 is 51.0 Å². The SMILES string of the molecule is CCOC(=O)[C@H](C)NP(=O)(OC[C@H]1O[C@@H](n2ccc3c(N)nc(C)nc32)[C@H](F)C1O)Oc1ccccc1. The molecule has 2 aromatic heterocycles. The standard InChI is InChI=1S/C23H29FN5O7P/c1-4-33-23(31)13(2)28-37(32,36-15-8-6-5-7-9-15)34-12-17-19(30)18(24)22(35-17)29-11-10-16-20(25)26-14(3)27-21(16)29/h5-11,13,17-19,22,30H,4,12H2,1-3H3,(H,28,32)(H2,25,26,27)/t13-,17+,18+,19?,22+,37?/m0/s1. The Morgan fingerprint density at radius 2 is 2.05 bits per heavy atom. The largest absolute Gasteiger partial charge is 0.465 e. The van der Waals surface area contributed by atoms with Gasteiger partial charge in [0.1, 0.15) is 41.3 Å². The minimum atomic E-state index is -4.21. The first-order chi connectivity index (χ1) is 17.6. The Kier molecular flexibility index (Phi) is 8.10. The second kappa shape index (κ2) is 11.1. The van der Waals surface area contributed by atoms with E-state index in [1.807, 2.05) is 0 Å². The minimum absolute atomic E-state index is 0.126. The third kappa shape index (κ3) is 5.91. The molecule has 1 aliphatic rings. The normalized spacial score (nSPS) is 24.0. The number of nitrogens with one attached hydrogen (secondary N) is 1. The number of rotatable bonds is 10. The summed E-state index contributed by atoms with van der Waals surface area (Å²) in [6.07, 6.45) is -4.41. The lowest BCUT2D eigenvalue weighted by Crippen LogP contribution is -2.37. The molecule has 0 saturated carbocycles. The molecule has 3 heterocycles. The number of carbonyl (C=O) groups excluding carboxylic acids is 1. The third-order valence-corrected chi connectivity index (χ3v) is 7.29. The summed E-state index contributed by atoms with van der Waals surface area (Å²) in [5.74, 6) is 0.158. The summed E-state index contributed by atoms with van der Waals surface area (Å²) in [6.45, 7) is 4.33. The lowest BCUT2D eigenvalue weighted by atomic mass is 10.1. The third-order valence-electron chi connectivity index (χ3n) is 5.65. The number of aromatic nitrogens is 3. The number of aliphatic hydroxyl groups is 1. The van der Waals surface area contributed by atoms with E-state index in [4.69, 9.17) is 24.3 Å². The van der Waals surface area contributed by atoms with Gasteiger partial charge in [-0.15, -0.1) is 0 Å². The smallest absolute Gasteiger partial charge is 0.459 e. The number of nitrogen functional groups attached to an aromatic ring is 1. The van der Waals surface area contributed by atoms with Crippen molar-refractivity contribution in [3.8, 4) is 5.75 Å². The first-order valence-electron chi connectivity index (χ1n) is 11.6. The van der Waals surface area contributed by atoms with Gasteiger partial charge in [-0.2, -0.15) is 5.09 Å². The van der Waals surface area contributed by atoms with Crippen LogP contribution in [0.2, 0.25) is 0 Å². The van der Waals surface area contributed by atoms with E-state index in [0.717, 1.165) is 0 Å². The number of esters is 1. The Morgan fingerprint density at radius 3 is 2.76 bits per heavy atom. The van der Waals surface area contributed by atoms with Gasteiger partial charge in [0.15, 0.2) is 12.4 Å². The first-order valence-corrected chi connectivity index (χ1v) is 13.2. The average molecular weight is 537 g/mol. The number of hydrogen-bond donors (Lipinski definition) is 3. The number of nitrogens with two attached hydrogens (primary N) is 1. The number of para-hydroxylation sites is 1. The molecule has 200 valence electrons. The van der Waals surface area contributed by atoms with Gasteiger partial charge >= 0.3 is 13.7 Å². The molecule has 0 amide bonds. The van der Waals surface area contributed by atoms with Gasteiger partial charge in [-0.05, 0) is 39.0 Å². The molecule has 0 bridgehead atoms. The topological polar surface area (TPSA) is 160 Å². The molecule has 4 N–H and O–H groups in total. The maximum Gasteiger partial charge on any atom is 0.459 e. The van der Waals surface area contributed by atoms with E-state index in [0.29, 0.717) is 16.9 Å². The van der Waals surface area contributed by atoms with Gasteiger partial charge in [-0.1, -0.05) is 18.2 Å². The molecule has 1 fully saturated rings. The number of benzene rings is 1. The molecule has 1 saturated heterocycles. The van der Waals surface area contributed by atoms with Crippen LogP contribution in [0.3, 0.4) is 0 Å². The van der Waals surface area contributed by atoms with Crippen LogP contribution in [-0.2, 0) is 23.4 Å². The van der Waals surface area contributed by atoms with Crippen LogP contribution in [0.4, 0.5) is 10.2 Å². The van der Waals surface area contributed by atoms with E-state index in [2.05, 4.69) is 15.1 Å². The highest BCUT2D eigenvalue weighted by Crippen LogP contribution is 2.46. The van der Waals surface area contributed by atoms with E-state index in [1.165, 1.54) is 17.7 Å². The molecule has 14 heteroatoms. The van der Waals surface area contributed by atoms with Crippen LogP contribution in [0.25, 0.3) is 11.0 Å². The van der Waals surface area contributed by atoms with Crippen molar-refractivity contribution in [1.29, 1.82) is 0 Å². The van der Waals surface area contributed by atoms with Gasteiger partial charge in [0.25, 0.3) is 0 Å². The van der Waals surface area contributed by atoms with Crippen molar-refractivity contribution in [2.45, 2.75) is 51.4 Å². The van der Waals surface area contributed by atoms with E-state index in [9.17, 15) is 14.5 Å². The minimum Gasteiger partial charge on any atom is -0.465 e. The van der Waals surface area contributed by atoms with Gasteiger partial charge in [0.05, 0.1) is 18.6 Å². The molecule has 0 spiro atoms. The van der Waals surface area contributed by atoms with Crippen LogP contribution in [0.15, 0.2) is 42.6 Å². The second-order valence-electron chi connectivity index (χ2n) is 8.42. The summed E-state index contributed by atoms with van der Waals surface area (Å²) < 4.78 is 52.0. The number of aryl methyl sites for hydroxylation is 1. The number of fused-ring (bicyclic) bond motifs is 1. The summed E-state index contributed by atoms with van der Waals surface area (Å²) in [6, 6.07) is 8.74. The van der Waals surface area contributed by atoms with Crippen LogP contribution in [-0.4, -0.2) is 63.2 Å². The molecular formula is C23H29FN5O7P. The summed E-state index contributed by atoms with van der Waals surface area (Å²) in [5.41, 5.74) is 6.29. The molecule has 0 aliphatic carbocycles. The number of hydrogen-bond acceptors (Lipinski definition) is 10. The highest BCUT2D eigenvalue weighted by atomic mass is 31.2. The Balaban J connectivity index is 1.52. The van der Waals surface area contributed by atoms with Crippen molar-refractivity contribution in [2.24, 2.45) is 0 Å². The fourth-order valence-electron chi connectivity index (χ4n) is 3.88. The predicted molar refractivity (Wildman–Crippen MR) is 131 cm³/mol. The van der Waals surface area contributed by atoms with E-state index in [-0.39, 0.29) is 18.2 Å². The van der Waals surface area contributed by atoms with Crippen LogP contribution in [0, 0.1) is 6.92 Å². The Morgan fingerprint density at radius 1 is 1.32 bits per heavy atom.